The van der Waals surface area contributed by atoms with Crippen LogP contribution in [0.3, 0.4) is 0 Å². The molecule has 3 N–H and O–H groups in total. The molecule has 0 aliphatic carbocycles. The molecule has 0 fully saturated rings. The number of benzene rings is 1. The second kappa shape index (κ2) is 9.15. The van der Waals surface area contributed by atoms with Gasteiger partial charge in [-0.3, -0.25) is 0 Å². The van der Waals surface area contributed by atoms with Crippen molar-refractivity contribution in [2.75, 3.05) is 6.61 Å². The first kappa shape index (κ1) is 20.6. The number of carboxylic acids is 1. The third-order valence-corrected chi connectivity index (χ3v) is 3.23. The first-order valence-corrected chi connectivity index (χ1v) is 8.30. The van der Waals surface area contributed by atoms with Crippen molar-refractivity contribution in [3.8, 4) is 11.5 Å². The van der Waals surface area contributed by atoms with E-state index in [-0.39, 0.29) is 17.9 Å². The minimum absolute atomic E-state index is 0.0373. The van der Waals surface area contributed by atoms with E-state index in [0.717, 1.165) is 12.8 Å². The lowest BCUT2D eigenvalue weighted by atomic mass is 10.0. The molecular weight excluding hydrogens is 326 g/mol. The topological polar surface area (TPSA) is 105 Å². The first-order chi connectivity index (χ1) is 11.6. The maximum Gasteiger partial charge on any atom is 0.408 e. The highest BCUT2D eigenvalue weighted by Gasteiger charge is 2.25. The number of nitrogens with one attached hydrogen (secondary N) is 1. The zero-order chi connectivity index (χ0) is 19.0. The molecule has 1 amide bonds. The summed E-state index contributed by atoms with van der Waals surface area (Å²) in [7, 11) is 0. The van der Waals surface area contributed by atoms with Crippen LogP contribution in [-0.2, 0) is 16.0 Å². The summed E-state index contributed by atoms with van der Waals surface area (Å²) in [6.07, 6.45) is 0.894. The molecule has 0 radical (unpaired) electrons. The van der Waals surface area contributed by atoms with Crippen LogP contribution in [-0.4, -0.2) is 40.5 Å². The number of rotatable bonds is 8. The Morgan fingerprint density at radius 1 is 1.28 bits per heavy atom. The van der Waals surface area contributed by atoms with Gasteiger partial charge < -0.3 is 25.0 Å². The number of phenols is 1. The third kappa shape index (κ3) is 7.32. The van der Waals surface area contributed by atoms with Crippen LogP contribution in [0.5, 0.6) is 11.5 Å². The van der Waals surface area contributed by atoms with Crippen molar-refractivity contribution in [2.24, 2.45) is 0 Å². The molecule has 0 heterocycles. The molecule has 1 rings (SSSR count). The van der Waals surface area contributed by atoms with Gasteiger partial charge in [-0.05, 0) is 33.3 Å². The zero-order valence-electron chi connectivity index (χ0n) is 15.2. The van der Waals surface area contributed by atoms with Crippen molar-refractivity contribution in [2.45, 2.75) is 58.6 Å². The Kier molecular flexibility index (Phi) is 7.54. The number of alkyl carbamates (subject to hydrolysis) is 1. The number of amides is 1. The molecule has 1 atom stereocenters. The van der Waals surface area contributed by atoms with E-state index in [1.807, 2.05) is 6.92 Å². The van der Waals surface area contributed by atoms with Crippen LogP contribution < -0.4 is 10.1 Å². The normalized spacial score (nSPS) is 12.3. The number of carbonyl (C=O) groups is 2. The first-order valence-electron chi connectivity index (χ1n) is 8.30. The molecule has 1 aromatic carbocycles. The predicted molar refractivity (Wildman–Crippen MR) is 93.0 cm³/mol. The fourth-order valence-corrected chi connectivity index (χ4v) is 2.09. The molecule has 25 heavy (non-hydrogen) atoms. The second-order valence-corrected chi connectivity index (χ2v) is 6.71. The van der Waals surface area contributed by atoms with Gasteiger partial charge in [-0.1, -0.05) is 25.5 Å². The highest BCUT2D eigenvalue weighted by Crippen LogP contribution is 2.31. The van der Waals surface area contributed by atoms with Gasteiger partial charge in [-0.15, -0.1) is 0 Å². The van der Waals surface area contributed by atoms with Crippen molar-refractivity contribution in [1.82, 2.24) is 5.32 Å². The van der Waals surface area contributed by atoms with Gasteiger partial charge in [0.25, 0.3) is 0 Å². The van der Waals surface area contributed by atoms with Gasteiger partial charge in [0.05, 0.1) is 6.61 Å². The van der Waals surface area contributed by atoms with Crippen LogP contribution >= 0.6 is 0 Å². The van der Waals surface area contributed by atoms with E-state index < -0.39 is 23.7 Å². The van der Waals surface area contributed by atoms with Crippen LogP contribution in [0.4, 0.5) is 4.79 Å². The minimum Gasteiger partial charge on any atom is -0.504 e. The summed E-state index contributed by atoms with van der Waals surface area (Å²) in [5, 5.41) is 21.7. The third-order valence-electron chi connectivity index (χ3n) is 3.23. The quantitative estimate of drug-likeness (QED) is 0.620. The van der Waals surface area contributed by atoms with E-state index in [0.29, 0.717) is 12.2 Å². The Morgan fingerprint density at radius 3 is 2.52 bits per heavy atom. The van der Waals surface area contributed by atoms with Gasteiger partial charge in [0, 0.05) is 12.0 Å². The van der Waals surface area contributed by atoms with E-state index in [4.69, 9.17) is 9.47 Å². The molecule has 1 unspecified atom stereocenters. The summed E-state index contributed by atoms with van der Waals surface area (Å²) >= 11 is 0. The van der Waals surface area contributed by atoms with E-state index in [9.17, 15) is 19.8 Å². The molecule has 7 nitrogen and oxygen atoms in total. The number of aliphatic carboxylic acids is 1. The van der Waals surface area contributed by atoms with Crippen LogP contribution in [0, 0.1) is 0 Å². The molecule has 140 valence electrons. The molecule has 0 saturated carbocycles. The van der Waals surface area contributed by atoms with Gasteiger partial charge in [0.2, 0.25) is 0 Å². The summed E-state index contributed by atoms with van der Waals surface area (Å²) in [4.78, 5) is 23.3. The Bertz CT molecular complexity index is 594. The van der Waals surface area contributed by atoms with E-state index in [2.05, 4.69) is 5.32 Å². The molecule has 0 aliphatic heterocycles. The van der Waals surface area contributed by atoms with Gasteiger partial charge in [-0.25, -0.2) is 9.59 Å². The molecule has 0 aliphatic rings. The average Bonchev–Trinajstić information content (AvgIpc) is 2.47. The van der Waals surface area contributed by atoms with E-state index in [1.54, 1.807) is 32.9 Å². The number of hydrogen-bond acceptors (Lipinski definition) is 5. The summed E-state index contributed by atoms with van der Waals surface area (Å²) in [6, 6.07) is 3.53. The van der Waals surface area contributed by atoms with Crippen LogP contribution in [0.2, 0.25) is 0 Å². The summed E-state index contributed by atoms with van der Waals surface area (Å²) < 4.78 is 10.7. The zero-order valence-corrected chi connectivity index (χ0v) is 15.2. The number of phenolic OH excluding ortho intramolecular Hbond substituents is 1. The number of hydrogen-bond donors (Lipinski definition) is 3. The molecule has 0 saturated heterocycles. The summed E-state index contributed by atoms with van der Waals surface area (Å²) in [5.74, 6) is -1.02. The Morgan fingerprint density at radius 2 is 1.96 bits per heavy atom. The Hall–Kier alpha value is -2.44. The van der Waals surface area contributed by atoms with Gasteiger partial charge in [0.15, 0.2) is 11.5 Å². The highest BCUT2D eigenvalue weighted by molar-refractivity contribution is 5.80. The van der Waals surface area contributed by atoms with Crippen molar-refractivity contribution in [3.63, 3.8) is 0 Å². The van der Waals surface area contributed by atoms with Crippen molar-refractivity contribution >= 4 is 12.1 Å². The number of aromatic hydroxyl groups is 1. The monoisotopic (exact) mass is 353 g/mol. The van der Waals surface area contributed by atoms with Gasteiger partial charge in [0.1, 0.15) is 11.6 Å². The van der Waals surface area contributed by atoms with Crippen molar-refractivity contribution < 1.29 is 29.3 Å². The summed E-state index contributed by atoms with van der Waals surface area (Å²) in [6.45, 7) is 7.50. The summed E-state index contributed by atoms with van der Waals surface area (Å²) in [5.41, 5.74) is -0.230. The smallest absolute Gasteiger partial charge is 0.408 e. The number of carboxylic acid groups (broad SMARTS) is 1. The number of ether oxygens (including phenoxy) is 2. The van der Waals surface area contributed by atoms with Crippen molar-refractivity contribution in [1.29, 1.82) is 0 Å². The standard InChI is InChI=1S/C18H27NO6/c1-5-6-10-24-15-12(8-7-9-14(15)20)11-13(16(21)22)19-17(23)25-18(2,3)4/h7-9,13,20H,5-6,10-11H2,1-4H3,(H,19,23)(H,21,22). The number of unbranched alkanes of at least 4 members (excludes halogenated alkanes) is 1. The molecule has 0 bridgehead atoms. The second-order valence-electron chi connectivity index (χ2n) is 6.71. The molecule has 7 heteroatoms. The average molecular weight is 353 g/mol. The minimum atomic E-state index is -1.20. The highest BCUT2D eigenvalue weighted by atomic mass is 16.6. The lowest BCUT2D eigenvalue weighted by Gasteiger charge is -2.22. The lowest BCUT2D eigenvalue weighted by molar-refractivity contribution is -0.139. The van der Waals surface area contributed by atoms with Crippen LogP contribution in [0.15, 0.2) is 18.2 Å². The maximum absolute atomic E-state index is 11.8. The van der Waals surface area contributed by atoms with Crippen LogP contribution in [0.25, 0.3) is 0 Å². The predicted octanol–water partition coefficient (Wildman–Crippen LogP) is 3.09. The molecule has 1 aromatic rings. The van der Waals surface area contributed by atoms with Crippen molar-refractivity contribution in [3.05, 3.63) is 23.8 Å². The van der Waals surface area contributed by atoms with Gasteiger partial charge in [-0.2, -0.15) is 0 Å². The van der Waals surface area contributed by atoms with Gasteiger partial charge >= 0.3 is 12.1 Å². The molecule has 0 aromatic heterocycles. The van der Waals surface area contributed by atoms with Crippen LogP contribution in [0.1, 0.15) is 46.1 Å². The number of para-hydroxylation sites is 1. The lowest BCUT2D eigenvalue weighted by Crippen LogP contribution is -2.44. The Labute approximate surface area is 147 Å². The Balaban J connectivity index is 2.89. The molecule has 0 spiro atoms. The number of carbonyl (C=O) groups excluding carboxylic acids is 1. The molecular formula is C18H27NO6. The largest absolute Gasteiger partial charge is 0.504 e. The maximum atomic E-state index is 11.8. The van der Waals surface area contributed by atoms with E-state index in [1.165, 1.54) is 6.07 Å². The fourth-order valence-electron chi connectivity index (χ4n) is 2.09. The SMILES string of the molecule is CCCCOc1c(O)cccc1CC(NC(=O)OC(C)(C)C)C(=O)O. The fraction of sp³-hybridized carbons (Fsp3) is 0.556. The van der Waals surface area contributed by atoms with E-state index >= 15 is 0 Å².